The molecule has 3 heterocycles. The van der Waals surface area contributed by atoms with Crippen molar-refractivity contribution < 1.29 is 4.79 Å². The summed E-state index contributed by atoms with van der Waals surface area (Å²) in [4.78, 5) is 21.9. The van der Waals surface area contributed by atoms with E-state index >= 15 is 0 Å². The van der Waals surface area contributed by atoms with Gasteiger partial charge in [0.25, 0.3) is 5.91 Å². The van der Waals surface area contributed by atoms with E-state index in [9.17, 15) is 4.79 Å². The molecule has 2 aromatic heterocycles. The number of pyridine rings is 1. The van der Waals surface area contributed by atoms with Crippen LogP contribution >= 0.6 is 11.6 Å². The molecule has 1 aliphatic heterocycles. The molecule has 4 aromatic rings. The number of rotatable bonds is 4. The van der Waals surface area contributed by atoms with Gasteiger partial charge in [0.15, 0.2) is 0 Å². The molecule has 1 saturated heterocycles. The molecule has 1 amide bonds. The van der Waals surface area contributed by atoms with Crippen LogP contribution in [0.2, 0.25) is 5.02 Å². The molecule has 1 fully saturated rings. The Morgan fingerprint density at radius 3 is 2.28 bits per heavy atom. The highest BCUT2D eigenvalue weighted by atomic mass is 35.5. The lowest BCUT2D eigenvalue weighted by atomic mass is 10.1. The summed E-state index contributed by atoms with van der Waals surface area (Å²) in [6.07, 6.45) is 5.29. The first-order valence-electron chi connectivity index (χ1n) is 10.5. The minimum atomic E-state index is -0.0122. The summed E-state index contributed by atoms with van der Waals surface area (Å²) in [5.74, 6) is -0.0122. The van der Waals surface area contributed by atoms with E-state index in [-0.39, 0.29) is 5.91 Å². The number of piperazine rings is 1. The average Bonchev–Trinajstić information content (AvgIpc) is 3.31. The fourth-order valence-corrected chi connectivity index (χ4v) is 4.08. The van der Waals surface area contributed by atoms with Gasteiger partial charge in [-0.2, -0.15) is 5.10 Å². The maximum absolute atomic E-state index is 13.5. The summed E-state index contributed by atoms with van der Waals surface area (Å²) in [6, 6.07) is 21.4. The lowest BCUT2D eigenvalue weighted by Crippen LogP contribution is -2.48. The van der Waals surface area contributed by atoms with Crippen LogP contribution in [0.1, 0.15) is 10.4 Å². The number of aromatic nitrogens is 3. The third-order valence-electron chi connectivity index (χ3n) is 5.66. The Kier molecular flexibility index (Phi) is 5.60. The molecule has 0 saturated carbocycles. The van der Waals surface area contributed by atoms with Crippen molar-refractivity contribution in [1.29, 1.82) is 0 Å². The van der Waals surface area contributed by atoms with Crippen LogP contribution < -0.4 is 4.90 Å². The van der Waals surface area contributed by atoms with Crippen LogP contribution in [0.3, 0.4) is 0 Å². The van der Waals surface area contributed by atoms with Crippen molar-refractivity contribution in [3.05, 3.63) is 95.9 Å². The average molecular weight is 444 g/mol. The summed E-state index contributed by atoms with van der Waals surface area (Å²) < 4.78 is 1.76. The monoisotopic (exact) mass is 443 g/mol. The first-order valence-corrected chi connectivity index (χ1v) is 10.9. The Morgan fingerprint density at radius 1 is 0.844 bits per heavy atom. The van der Waals surface area contributed by atoms with Crippen molar-refractivity contribution in [2.24, 2.45) is 0 Å². The smallest absolute Gasteiger partial charge is 0.257 e. The molecule has 0 N–H and O–H groups in total. The largest absolute Gasteiger partial charge is 0.368 e. The summed E-state index contributed by atoms with van der Waals surface area (Å²) in [5, 5.41) is 5.47. The van der Waals surface area contributed by atoms with Crippen molar-refractivity contribution >= 4 is 23.2 Å². The van der Waals surface area contributed by atoms with Gasteiger partial charge in [-0.15, -0.1) is 0 Å². The molecule has 1 aliphatic rings. The Hall–Kier alpha value is -3.64. The highest BCUT2D eigenvalue weighted by Gasteiger charge is 2.27. The first-order chi connectivity index (χ1) is 15.7. The van der Waals surface area contributed by atoms with E-state index < -0.39 is 0 Å². The number of hydrogen-bond acceptors (Lipinski definition) is 4. The zero-order valence-corrected chi connectivity index (χ0v) is 18.2. The lowest BCUT2D eigenvalue weighted by Gasteiger charge is -2.36. The number of hydrogen-bond donors (Lipinski definition) is 0. The molecule has 0 aliphatic carbocycles. The van der Waals surface area contributed by atoms with Crippen LogP contribution in [0.5, 0.6) is 0 Å². The number of anilines is 1. The molecular formula is C25H22ClN5O. The van der Waals surface area contributed by atoms with Gasteiger partial charge < -0.3 is 9.80 Å². The van der Waals surface area contributed by atoms with Crippen molar-refractivity contribution in [3.63, 3.8) is 0 Å². The van der Waals surface area contributed by atoms with Gasteiger partial charge in [-0.3, -0.25) is 9.78 Å². The van der Waals surface area contributed by atoms with Gasteiger partial charge in [0.2, 0.25) is 0 Å². The minimum Gasteiger partial charge on any atom is -0.368 e. The van der Waals surface area contributed by atoms with E-state index in [4.69, 9.17) is 16.7 Å². The second-order valence-corrected chi connectivity index (χ2v) is 8.11. The van der Waals surface area contributed by atoms with Crippen molar-refractivity contribution in [3.8, 4) is 16.9 Å². The fraction of sp³-hybridized carbons (Fsp3) is 0.160. The van der Waals surface area contributed by atoms with Gasteiger partial charge in [0.05, 0.1) is 11.3 Å². The topological polar surface area (TPSA) is 54.3 Å². The Morgan fingerprint density at radius 2 is 1.59 bits per heavy atom. The summed E-state index contributed by atoms with van der Waals surface area (Å²) in [7, 11) is 0. The number of halogens is 1. The Balaban J connectivity index is 1.40. The van der Waals surface area contributed by atoms with Gasteiger partial charge in [-0.05, 0) is 48.5 Å². The van der Waals surface area contributed by atoms with Gasteiger partial charge >= 0.3 is 0 Å². The molecule has 0 radical (unpaired) electrons. The third-order valence-corrected chi connectivity index (χ3v) is 5.91. The molecule has 0 spiro atoms. The van der Waals surface area contributed by atoms with E-state index in [0.717, 1.165) is 35.1 Å². The van der Waals surface area contributed by atoms with E-state index in [1.165, 1.54) is 0 Å². The normalized spacial score (nSPS) is 13.9. The van der Waals surface area contributed by atoms with Gasteiger partial charge in [-0.25, -0.2) is 4.68 Å². The number of carbonyl (C=O) groups is 1. The predicted molar refractivity (Wildman–Crippen MR) is 126 cm³/mol. The molecule has 6 nitrogen and oxygen atoms in total. The summed E-state index contributed by atoms with van der Waals surface area (Å²) in [6.45, 7) is 2.82. The van der Waals surface area contributed by atoms with Crippen LogP contribution in [0.25, 0.3) is 16.9 Å². The predicted octanol–water partition coefficient (Wildman–Crippen LogP) is 4.55. The van der Waals surface area contributed by atoms with Crippen LogP contribution in [-0.4, -0.2) is 51.8 Å². The fourth-order valence-electron chi connectivity index (χ4n) is 3.95. The molecule has 0 unspecified atom stereocenters. The second-order valence-electron chi connectivity index (χ2n) is 7.67. The lowest BCUT2D eigenvalue weighted by molar-refractivity contribution is 0.0747. The highest BCUT2D eigenvalue weighted by Crippen LogP contribution is 2.26. The number of amides is 1. The molecule has 0 atom stereocenters. The number of carbonyl (C=O) groups excluding carboxylic acids is 1. The minimum absolute atomic E-state index is 0.0122. The van der Waals surface area contributed by atoms with E-state index in [1.807, 2.05) is 77.8 Å². The zero-order valence-electron chi connectivity index (χ0n) is 17.4. The first kappa shape index (κ1) is 20.3. The van der Waals surface area contributed by atoms with E-state index in [2.05, 4.69) is 9.88 Å². The molecular weight excluding hydrogens is 422 g/mol. The van der Waals surface area contributed by atoms with Crippen LogP contribution in [0.4, 0.5) is 5.69 Å². The van der Waals surface area contributed by atoms with Crippen LogP contribution in [0, 0.1) is 0 Å². The Bertz CT molecular complexity index is 1200. The van der Waals surface area contributed by atoms with Gasteiger partial charge in [0, 0.05) is 61.0 Å². The quantitative estimate of drug-likeness (QED) is 0.464. The second kappa shape index (κ2) is 8.85. The molecule has 32 heavy (non-hydrogen) atoms. The van der Waals surface area contributed by atoms with Crippen LogP contribution in [-0.2, 0) is 0 Å². The van der Waals surface area contributed by atoms with Crippen LogP contribution in [0.15, 0.2) is 85.3 Å². The van der Waals surface area contributed by atoms with Gasteiger partial charge in [-0.1, -0.05) is 29.8 Å². The summed E-state index contributed by atoms with van der Waals surface area (Å²) >= 11 is 6.01. The van der Waals surface area contributed by atoms with Crippen molar-refractivity contribution in [1.82, 2.24) is 19.7 Å². The van der Waals surface area contributed by atoms with E-state index in [1.54, 1.807) is 17.1 Å². The SMILES string of the molecule is O=C(c1cn(-c2ccccc2)nc1-c1cccnc1)N1CCN(c2ccc(Cl)cc2)CC1. The molecule has 2 aromatic carbocycles. The maximum atomic E-state index is 13.5. The zero-order chi connectivity index (χ0) is 21.9. The molecule has 0 bridgehead atoms. The summed E-state index contributed by atoms with van der Waals surface area (Å²) in [5.41, 5.74) is 4.08. The van der Waals surface area contributed by atoms with Gasteiger partial charge in [0.1, 0.15) is 5.69 Å². The molecule has 7 heteroatoms. The standard InChI is InChI=1S/C25H22ClN5O/c26-20-8-10-21(11-9-20)29-13-15-30(16-14-29)25(32)23-18-31(22-6-2-1-3-7-22)28-24(23)19-5-4-12-27-17-19/h1-12,17-18H,13-16H2. The molecule has 160 valence electrons. The maximum Gasteiger partial charge on any atom is 0.257 e. The molecule has 5 rings (SSSR count). The number of benzene rings is 2. The van der Waals surface area contributed by atoms with Crippen molar-refractivity contribution in [2.45, 2.75) is 0 Å². The Labute approximate surface area is 191 Å². The highest BCUT2D eigenvalue weighted by molar-refractivity contribution is 6.30. The van der Waals surface area contributed by atoms with Crippen molar-refractivity contribution in [2.75, 3.05) is 31.1 Å². The van der Waals surface area contributed by atoms with E-state index in [0.29, 0.717) is 24.3 Å². The third kappa shape index (κ3) is 4.09. The number of nitrogens with zero attached hydrogens (tertiary/aromatic N) is 5. The number of para-hydroxylation sites is 1.